The molecule has 5 aliphatic carbocycles. The second-order valence-electron chi connectivity index (χ2n) is 9.73. The molecule has 5 saturated carbocycles. The highest BCUT2D eigenvalue weighted by molar-refractivity contribution is 9.10. The Morgan fingerprint density at radius 3 is 2.48 bits per heavy atom. The van der Waals surface area contributed by atoms with E-state index in [-0.39, 0.29) is 0 Å². The van der Waals surface area contributed by atoms with Gasteiger partial charge < -0.3 is 5.32 Å². The van der Waals surface area contributed by atoms with Gasteiger partial charge in [-0.05, 0) is 74.0 Å². The minimum absolute atomic E-state index is 0.307. The minimum Gasteiger partial charge on any atom is -0.353 e. The molecule has 0 aliphatic heterocycles. The van der Waals surface area contributed by atoms with Crippen molar-refractivity contribution in [3.05, 3.63) is 0 Å². The molecule has 0 aromatic carbocycles. The lowest BCUT2D eigenvalue weighted by atomic mass is 9.48. The Labute approximate surface area is 149 Å². The number of carbonyl (C=O) groups excluding carboxylic acids is 1. The van der Waals surface area contributed by atoms with Crippen molar-refractivity contribution >= 4 is 21.8 Å². The molecular weight excluding hydrogens is 350 g/mol. The Kier molecular flexibility index (Phi) is 4.10. The van der Waals surface area contributed by atoms with Crippen LogP contribution in [0.5, 0.6) is 0 Å². The van der Waals surface area contributed by atoms with Gasteiger partial charge in [0.2, 0.25) is 5.91 Å². The fraction of sp³-hybridized carbons (Fsp3) is 0.950. The molecular formula is C20H32BrNO. The maximum atomic E-state index is 12.8. The van der Waals surface area contributed by atoms with Gasteiger partial charge in [-0.1, -0.05) is 42.6 Å². The van der Waals surface area contributed by atoms with E-state index < -0.39 is 0 Å². The van der Waals surface area contributed by atoms with E-state index in [0.717, 1.165) is 24.2 Å². The standard InChI is InChI=1S/C20H32BrNO/c1-13-4-3-5-17(14(13)2)22-18(23)11-19-7-15-6-16(8-19)10-20(21,9-15)12-19/h13-17H,3-12H2,1-2H3,(H,22,23)/t13-,14+,15-,16+,17-,19?,20?/m0/s1. The number of hydrogen-bond acceptors (Lipinski definition) is 1. The van der Waals surface area contributed by atoms with E-state index in [0.29, 0.717) is 27.6 Å². The molecule has 4 bridgehead atoms. The van der Waals surface area contributed by atoms with E-state index in [1.54, 1.807) is 0 Å². The van der Waals surface area contributed by atoms with Crippen molar-refractivity contribution in [1.82, 2.24) is 5.32 Å². The third kappa shape index (κ3) is 3.12. The first-order valence-electron chi connectivity index (χ1n) is 9.85. The van der Waals surface area contributed by atoms with Crippen molar-refractivity contribution in [3.63, 3.8) is 0 Å². The molecule has 1 amide bonds. The summed E-state index contributed by atoms with van der Waals surface area (Å²) < 4.78 is 0.365. The Balaban J connectivity index is 1.41. The zero-order chi connectivity index (χ0) is 16.2. The highest BCUT2D eigenvalue weighted by Crippen LogP contribution is 2.65. The Bertz CT molecular complexity index is 476. The maximum Gasteiger partial charge on any atom is 0.220 e. The van der Waals surface area contributed by atoms with Crippen molar-refractivity contribution in [3.8, 4) is 0 Å². The van der Waals surface area contributed by atoms with Crippen molar-refractivity contribution in [1.29, 1.82) is 0 Å². The van der Waals surface area contributed by atoms with Crippen LogP contribution < -0.4 is 5.32 Å². The Morgan fingerprint density at radius 1 is 1.13 bits per heavy atom. The fourth-order valence-electron chi connectivity index (χ4n) is 6.93. The smallest absolute Gasteiger partial charge is 0.220 e. The third-order valence-corrected chi connectivity index (χ3v) is 8.63. The molecule has 0 aromatic rings. The lowest BCUT2D eigenvalue weighted by Gasteiger charge is -2.60. The molecule has 5 aliphatic rings. The molecule has 7 atom stereocenters. The molecule has 5 rings (SSSR count). The average molecular weight is 382 g/mol. The van der Waals surface area contributed by atoms with E-state index in [2.05, 4.69) is 35.1 Å². The van der Waals surface area contributed by atoms with Crippen LogP contribution in [0.3, 0.4) is 0 Å². The number of amides is 1. The van der Waals surface area contributed by atoms with Crippen LogP contribution in [0, 0.1) is 29.1 Å². The minimum atomic E-state index is 0.307. The summed E-state index contributed by atoms with van der Waals surface area (Å²) in [6.45, 7) is 4.67. The number of alkyl halides is 1. The summed E-state index contributed by atoms with van der Waals surface area (Å²) in [5, 5.41) is 3.43. The molecule has 23 heavy (non-hydrogen) atoms. The first kappa shape index (κ1) is 16.4. The van der Waals surface area contributed by atoms with E-state index in [9.17, 15) is 4.79 Å². The molecule has 5 fully saturated rings. The monoisotopic (exact) mass is 381 g/mol. The van der Waals surface area contributed by atoms with Gasteiger partial charge in [0, 0.05) is 16.8 Å². The first-order valence-corrected chi connectivity index (χ1v) is 10.6. The number of carbonyl (C=O) groups is 1. The van der Waals surface area contributed by atoms with E-state index in [1.165, 1.54) is 57.8 Å². The maximum absolute atomic E-state index is 12.8. The van der Waals surface area contributed by atoms with Crippen molar-refractivity contribution < 1.29 is 4.79 Å². The molecule has 0 aromatic heterocycles. The van der Waals surface area contributed by atoms with Crippen LogP contribution >= 0.6 is 15.9 Å². The van der Waals surface area contributed by atoms with Gasteiger partial charge in [-0.15, -0.1) is 0 Å². The van der Waals surface area contributed by atoms with E-state index in [1.807, 2.05) is 0 Å². The van der Waals surface area contributed by atoms with Gasteiger partial charge in [-0.3, -0.25) is 4.79 Å². The molecule has 0 heterocycles. The highest BCUT2D eigenvalue weighted by Gasteiger charge is 2.57. The van der Waals surface area contributed by atoms with Crippen LogP contribution in [0.4, 0.5) is 0 Å². The topological polar surface area (TPSA) is 29.1 Å². The summed E-state index contributed by atoms with van der Waals surface area (Å²) in [7, 11) is 0. The summed E-state index contributed by atoms with van der Waals surface area (Å²) in [4.78, 5) is 12.8. The van der Waals surface area contributed by atoms with Crippen LogP contribution in [-0.2, 0) is 4.79 Å². The third-order valence-electron chi connectivity index (χ3n) is 7.70. The second kappa shape index (κ2) is 5.75. The molecule has 0 spiro atoms. The van der Waals surface area contributed by atoms with Crippen LogP contribution in [0.2, 0.25) is 0 Å². The SMILES string of the molecule is C[C@H]1[C@@H](NC(=O)CC23C[C@@H]4C[C@@H](CC(Br)(C4)C2)C3)CCC[C@@H]1C. The van der Waals surface area contributed by atoms with Crippen LogP contribution in [0.15, 0.2) is 0 Å². The number of halogens is 1. The Morgan fingerprint density at radius 2 is 1.83 bits per heavy atom. The van der Waals surface area contributed by atoms with Crippen molar-refractivity contribution in [2.45, 2.75) is 88.4 Å². The summed E-state index contributed by atoms with van der Waals surface area (Å²) in [6.07, 6.45) is 12.5. The second-order valence-corrected chi connectivity index (χ2v) is 11.4. The summed E-state index contributed by atoms with van der Waals surface area (Å²) in [6, 6.07) is 0.415. The molecule has 1 N–H and O–H groups in total. The molecule has 2 nitrogen and oxygen atoms in total. The van der Waals surface area contributed by atoms with Gasteiger partial charge in [0.15, 0.2) is 0 Å². The molecule has 0 saturated heterocycles. The summed E-state index contributed by atoms with van der Waals surface area (Å²) in [5.74, 6) is 3.47. The zero-order valence-corrected chi connectivity index (χ0v) is 16.3. The predicted molar refractivity (Wildman–Crippen MR) is 97.5 cm³/mol. The lowest BCUT2D eigenvalue weighted by Crippen LogP contribution is -2.54. The van der Waals surface area contributed by atoms with Gasteiger partial charge in [-0.2, -0.15) is 0 Å². The number of rotatable bonds is 3. The number of hydrogen-bond donors (Lipinski definition) is 1. The van der Waals surface area contributed by atoms with Gasteiger partial charge in [-0.25, -0.2) is 0 Å². The normalized spacial score (nSPS) is 51.7. The van der Waals surface area contributed by atoms with E-state index >= 15 is 0 Å². The zero-order valence-electron chi connectivity index (χ0n) is 14.7. The Hall–Kier alpha value is -0.0500. The summed E-state index contributed by atoms with van der Waals surface area (Å²) in [5.41, 5.74) is 0.307. The predicted octanol–water partition coefficient (Wildman–Crippen LogP) is 5.05. The van der Waals surface area contributed by atoms with E-state index in [4.69, 9.17) is 0 Å². The van der Waals surface area contributed by atoms with Gasteiger partial charge in [0.25, 0.3) is 0 Å². The molecule has 0 radical (unpaired) electrons. The van der Waals surface area contributed by atoms with Gasteiger partial charge in [0.05, 0.1) is 0 Å². The quantitative estimate of drug-likeness (QED) is 0.680. The van der Waals surface area contributed by atoms with Gasteiger partial charge >= 0.3 is 0 Å². The molecule has 3 heteroatoms. The van der Waals surface area contributed by atoms with Crippen molar-refractivity contribution in [2.75, 3.05) is 0 Å². The van der Waals surface area contributed by atoms with Crippen LogP contribution in [0.1, 0.15) is 78.1 Å². The van der Waals surface area contributed by atoms with Crippen molar-refractivity contribution in [2.24, 2.45) is 29.1 Å². The average Bonchev–Trinajstić information content (AvgIpc) is 2.40. The highest BCUT2D eigenvalue weighted by atomic mass is 79.9. The molecule has 130 valence electrons. The largest absolute Gasteiger partial charge is 0.353 e. The summed E-state index contributed by atoms with van der Waals surface area (Å²) >= 11 is 4.07. The number of nitrogens with one attached hydrogen (secondary N) is 1. The molecule has 2 unspecified atom stereocenters. The lowest BCUT2D eigenvalue weighted by molar-refractivity contribution is -0.129. The van der Waals surface area contributed by atoms with Gasteiger partial charge in [0.1, 0.15) is 0 Å². The fourth-order valence-corrected chi connectivity index (χ4v) is 8.44. The van der Waals surface area contributed by atoms with Crippen LogP contribution in [-0.4, -0.2) is 16.3 Å². The first-order chi connectivity index (χ1) is 10.9. The van der Waals surface area contributed by atoms with Crippen LogP contribution in [0.25, 0.3) is 0 Å².